The minimum Gasteiger partial charge on any atom is -0.326 e. The molecule has 1 fully saturated rings. The number of likely N-dealkylation sites (tertiary alicyclic amines) is 1. The van der Waals surface area contributed by atoms with Gasteiger partial charge in [-0.1, -0.05) is 12.5 Å². The minimum atomic E-state index is 0. The third-order valence-electron chi connectivity index (χ3n) is 4.14. The van der Waals surface area contributed by atoms with Crippen LogP contribution in [-0.2, 0) is 16.0 Å². The van der Waals surface area contributed by atoms with Crippen LogP contribution in [0.3, 0.4) is 0 Å². The number of amides is 2. The van der Waals surface area contributed by atoms with Crippen molar-refractivity contribution in [3.05, 3.63) is 23.8 Å². The Labute approximate surface area is 136 Å². The van der Waals surface area contributed by atoms with Gasteiger partial charge in [0.2, 0.25) is 11.8 Å². The highest BCUT2D eigenvalue weighted by Crippen LogP contribution is 2.29. The molecule has 2 aliphatic heterocycles. The van der Waals surface area contributed by atoms with Gasteiger partial charge < -0.3 is 10.6 Å². The molecular formula is C16H22ClN3O2. The van der Waals surface area contributed by atoms with Gasteiger partial charge in [0.05, 0.1) is 6.54 Å². The molecule has 0 saturated carbocycles. The van der Waals surface area contributed by atoms with E-state index in [2.05, 4.69) is 15.5 Å². The summed E-state index contributed by atoms with van der Waals surface area (Å²) in [6, 6.07) is 5.65. The summed E-state index contributed by atoms with van der Waals surface area (Å²) in [5.41, 5.74) is 2.68. The molecule has 6 heteroatoms. The molecule has 2 amide bonds. The van der Waals surface area contributed by atoms with Gasteiger partial charge in [0.25, 0.3) is 0 Å². The molecule has 120 valence electrons. The first-order chi connectivity index (χ1) is 10.2. The molecule has 1 saturated heterocycles. The Balaban J connectivity index is 0.00000176. The highest BCUT2D eigenvalue weighted by Gasteiger charge is 2.19. The van der Waals surface area contributed by atoms with Crippen LogP contribution >= 0.6 is 12.4 Å². The van der Waals surface area contributed by atoms with Gasteiger partial charge in [-0.15, -0.1) is 12.4 Å². The summed E-state index contributed by atoms with van der Waals surface area (Å²) in [6.45, 7) is 2.47. The molecule has 5 nitrogen and oxygen atoms in total. The second kappa shape index (κ2) is 7.61. The molecule has 0 unspecified atom stereocenters. The Morgan fingerprint density at radius 3 is 2.73 bits per heavy atom. The molecule has 2 heterocycles. The number of carbonyl (C=O) groups is 2. The van der Waals surface area contributed by atoms with Crippen LogP contribution in [0.1, 0.15) is 31.2 Å². The van der Waals surface area contributed by atoms with Crippen LogP contribution < -0.4 is 10.6 Å². The van der Waals surface area contributed by atoms with Crippen molar-refractivity contribution in [3.8, 4) is 0 Å². The molecule has 0 radical (unpaired) electrons. The van der Waals surface area contributed by atoms with Gasteiger partial charge in [-0.25, -0.2) is 0 Å². The summed E-state index contributed by atoms with van der Waals surface area (Å²) >= 11 is 0. The fourth-order valence-electron chi connectivity index (χ4n) is 3.05. The number of nitrogens with zero attached hydrogens (tertiary/aromatic N) is 1. The number of hydrogen-bond acceptors (Lipinski definition) is 3. The van der Waals surface area contributed by atoms with Gasteiger partial charge in [0.15, 0.2) is 0 Å². The largest absolute Gasteiger partial charge is 0.326 e. The van der Waals surface area contributed by atoms with Crippen LogP contribution in [0.2, 0.25) is 0 Å². The first-order valence-electron chi connectivity index (χ1n) is 7.66. The zero-order chi connectivity index (χ0) is 14.7. The summed E-state index contributed by atoms with van der Waals surface area (Å²) < 4.78 is 0. The van der Waals surface area contributed by atoms with E-state index in [-0.39, 0.29) is 24.2 Å². The zero-order valence-electron chi connectivity index (χ0n) is 12.6. The number of benzene rings is 1. The Kier molecular flexibility index (Phi) is 5.80. The lowest BCUT2D eigenvalue weighted by molar-refractivity contribution is -0.117. The third-order valence-corrected chi connectivity index (χ3v) is 4.14. The molecular weight excluding hydrogens is 302 g/mol. The van der Waals surface area contributed by atoms with Gasteiger partial charge in [0.1, 0.15) is 0 Å². The highest BCUT2D eigenvalue weighted by molar-refractivity contribution is 5.98. The normalized spacial score (nSPS) is 17.9. The van der Waals surface area contributed by atoms with Gasteiger partial charge >= 0.3 is 0 Å². The average molecular weight is 324 g/mol. The van der Waals surface area contributed by atoms with Crippen molar-refractivity contribution < 1.29 is 9.59 Å². The Bertz CT molecular complexity index is 556. The first kappa shape index (κ1) is 16.8. The van der Waals surface area contributed by atoms with Crippen LogP contribution in [0.4, 0.5) is 11.4 Å². The minimum absolute atomic E-state index is 0. The van der Waals surface area contributed by atoms with Crippen LogP contribution in [0.25, 0.3) is 0 Å². The van der Waals surface area contributed by atoms with Crippen LogP contribution in [0, 0.1) is 0 Å². The summed E-state index contributed by atoms with van der Waals surface area (Å²) in [6.07, 6.45) is 4.79. The fourth-order valence-corrected chi connectivity index (χ4v) is 3.05. The van der Waals surface area contributed by atoms with E-state index >= 15 is 0 Å². The number of fused-ring (bicyclic) bond motifs is 1. The third kappa shape index (κ3) is 3.99. The van der Waals surface area contributed by atoms with Gasteiger partial charge in [-0.05, 0) is 50.0 Å². The van der Waals surface area contributed by atoms with Crippen molar-refractivity contribution in [1.82, 2.24) is 4.90 Å². The summed E-state index contributed by atoms with van der Waals surface area (Å²) in [5, 5.41) is 5.85. The van der Waals surface area contributed by atoms with E-state index in [9.17, 15) is 9.59 Å². The molecule has 2 N–H and O–H groups in total. The smallest absolute Gasteiger partial charge is 0.238 e. The van der Waals surface area contributed by atoms with Crippen LogP contribution in [0.5, 0.6) is 0 Å². The molecule has 0 aliphatic carbocycles. The molecule has 1 aromatic rings. The van der Waals surface area contributed by atoms with E-state index in [0.717, 1.165) is 30.0 Å². The number of anilines is 2. The van der Waals surface area contributed by atoms with E-state index in [1.165, 1.54) is 19.3 Å². The molecule has 0 spiro atoms. The lowest BCUT2D eigenvalue weighted by atomic mass is 10.0. The van der Waals surface area contributed by atoms with Crippen molar-refractivity contribution in [2.45, 2.75) is 32.1 Å². The number of nitrogens with one attached hydrogen (secondary N) is 2. The summed E-state index contributed by atoms with van der Waals surface area (Å²) in [4.78, 5) is 25.8. The van der Waals surface area contributed by atoms with Gasteiger partial charge in [-0.2, -0.15) is 0 Å². The van der Waals surface area contributed by atoms with E-state index in [0.29, 0.717) is 19.4 Å². The summed E-state index contributed by atoms with van der Waals surface area (Å²) in [7, 11) is 0. The maximum Gasteiger partial charge on any atom is 0.238 e. The van der Waals surface area contributed by atoms with E-state index in [1.807, 2.05) is 18.2 Å². The Hall–Kier alpha value is -1.59. The SMILES string of the molecule is Cl.O=C1CCc2c(cccc2NC(=O)CN2CCCCC2)N1. The summed E-state index contributed by atoms with van der Waals surface area (Å²) in [5.74, 6) is 0.0708. The fraction of sp³-hybridized carbons (Fsp3) is 0.500. The number of hydrogen-bond donors (Lipinski definition) is 2. The van der Waals surface area contributed by atoms with E-state index < -0.39 is 0 Å². The predicted octanol–water partition coefficient (Wildman–Crippen LogP) is 2.42. The zero-order valence-corrected chi connectivity index (χ0v) is 13.4. The number of carbonyl (C=O) groups excluding carboxylic acids is 2. The topological polar surface area (TPSA) is 61.4 Å². The Morgan fingerprint density at radius 1 is 1.18 bits per heavy atom. The second-order valence-electron chi connectivity index (χ2n) is 5.76. The quantitative estimate of drug-likeness (QED) is 0.898. The van der Waals surface area contributed by atoms with Crippen molar-refractivity contribution in [1.29, 1.82) is 0 Å². The first-order valence-corrected chi connectivity index (χ1v) is 7.66. The van der Waals surface area contributed by atoms with Crippen LogP contribution in [0.15, 0.2) is 18.2 Å². The average Bonchev–Trinajstić information content (AvgIpc) is 2.48. The highest BCUT2D eigenvalue weighted by atomic mass is 35.5. The maximum absolute atomic E-state index is 12.2. The molecule has 0 atom stereocenters. The monoisotopic (exact) mass is 323 g/mol. The van der Waals surface area contributed by atoms with E-state index in [4.69, 9.17) is 0 Å². The molecule has 0 aromatic heterocycles. The number of rotatable bonds is 3. The number of piperidine rings is 1. The van der Waals surface area contributed by atoms with Crippen molar-refractivity contribution in [3.63, 3.8) is 0 Å². The Morgan fingerprint density at radius 2 is 1.95 bits per heavy atom. The predicted molar refractivity (Wildman–Crippen MR) is 89.6 cm³/mol. The van der Waals surface area contributed by atoms with Gasteiger partial charge in [-0.3, -0.25) is 14.5 Å². The van der Waals surface area contributed by atoms with Gasteiger partial charge in [0, 0.05) is 17.8 Å². The second-order valence-corrected chi connectivity index (χ2v) is 5.76. The lowest BCUT2D eigenvalue weighted by Crippen LogP contribution is -2.37. The standard InChI is InChI=1S/C16H21N3O2.ClH/c20-15-8-7-12-13(17-15)5-4-6-14(12)18-16(21)11-19-9-2-1-3-10-19;/h4-6H,1-3,7-11H2,(H,17,20)(H,18,21);1H. The molecule has 22 heavy (non-hydrogen) atoms. The van der Waals surface area contributed by atoms with Crippen molar-refractivity contribution >= 4 is 35.6 Å². The molecule has 1 aromatic carbocycles. The molecule has 3 rings (SSSR count). The van der Waals surface area contributed by atoms with Crippen LogP contribution in [-0.4, -0.2) is 36.3 Å². The maximum atomic E-state index is 12.2. The molecule has 0 bridgehead atoms. The molecule has 2 aliphatic rings. The van der Waals surface area contributed by atoms with E-state index in [1.54, 1.807) is 0 Å². The van der Waals surface area contributed by atoms with Crippen molar-refractivity contribution in [2.75, 3.05) is 30.3 Å². The lowest BCUT2D eigenvalue weighted by Gasteiger charge is -2.26. The number of halogens is 1. The van der Waals surface area contributed by atoms with Crippen molar-refractivity contribution in [2.24, 2.45) is 0 Å².